The number of benzene rings is 4. The van der Waals surface area contributed by atoms with E-state index in [9.17, 15) is 0 Å². The first-order chi connectivity index (χ1) is 21.5. The van der Waals surface area contributed by atoms with Gasteiger partial charge in [-0.25, -0.2) is 19.9 Å². The third kappa shape index (κ3) is 8.87. The van der Waals surface area contributed by atoms with Gasteiger partial charge in [-0.1, -0.05) is 138 Å². The normalized spacial score (nSPS) is 15.1. The van der Waals surface area contributed by atoms with E-state index in [-0.39, 0.29) is 10.6 Å². The fraction of sp³-hybridized carbons (Fsp3) is 0.111. The summed E-state index contributed by atoms with van der Waals surface area (Å²) in [7, 11) is 0. The first-order valence-corrected chi connectivity index (χ1v) is 15.6. The molecular formula is C36H28Cl4N4. The highest BCUT2D eigenvalue weighted by Gasteiger charge is 2.34. The maximum absolute atomic E-state index is 6.02. The van der Waals surface area contributed by atoms with Gasteiger partial charge in [0.2, 0.25) is 10.6 Å². The van der Waals surface area contributed by atoms with Crippen molar-refractivity contribution in [2.45, 2.75) is 24.7 Å². The van der Waals surface area contributed by atoms with E-state index in [1.807, 2.05) is 24.3 Å². The summed E-state index contributed by atoms with van der Waals surface area (Å²) in [5.74, 6) is 0.836. The maximum Gasteiger partial charge on any atom is 0.224 e. The number of rotatable bonds is 4. The summed E-state index contributed by atoms with van der Waals surface area (Å²) >= 11 is 22.7. The van der Waals surface area contributed by atoms with Gasteiger partial charge in [0.1, 0.15) is 10.3 Å². The van der Waals surface area contributed by atoms with Crippen molar-refractivity contribution in [3.05, 3.63) is 166 Å². The van der Waals surface area contributed by atoms with Gasteiger partial charge in [0.25, 0.3) is 0 Å². The Hall–Kier alpha value is -3.80. The number of aromatic nitrogens is 4. The average molecular weight is 658 g/mol. The minimum absolute atomic E-state index is 0.178. The van der Waals surface area contributed by atoms with Crippen LogP contribution in [0.5, 0.6) is 0 Å². The van der Waals surface area contributed by atoms with Crippen molar-refractivity contribution in [1.29, 1.82) is 0 Å². The molecule has 0 N–H and O–H groups in total. The molecular weight excluding hydrogens is 630 g/mol. The SMILES string of the molecule is Clc1cc(C2CC[C@H]2c2ccc(-c3ccccc3)cc2)nc(Cl)n1.Clc1ccnc(Cl)n1.c1ccc(-c2ccccc2)cc1. The summed E-state index contributed by atoms with van der Waals surface area (Å²) in [6, 6.07) is 43.4. The van der Waals surface area contributed by atoms with Gasteiger partial charge in [0, 0.05) is 12.1 Å². The van der Waals surface area contributed by atoms with Crippen molar-refractivity contribution < 1.29 is 0 Å². The first-order valence-electron chi connectivity index (χ1n) is 14.1. The van der Waals surface area contributed by atoms with Crippen LogP contribution in [0.15, 0.2) is 134 Å². The highest BCUT2D eigenvalue weighted by molar-refractivity contribution is 6.32. The number of nitrogens with zero attached hydrogens (tertiary/aromatic N) is 4. The van der Waals surface area contributed by atoms with Crippen molar-refractivity contribution in [3.63, 3.8) is 0 Å². The van der Waals surface area contributed by atoms with Crippen molar-refractivity contribution >= 4 is 46.4 Å². The molecule has 44 heavy (non-hydrogen) atoms. The smallest absolute Gasteiger partial charge is 0.224 e. The molecule has 0 amide bonds. The second-order valence-corrected chi connectivity index (χ2v) is 11.5. The molecule has 7 rings (SSSR count). The molecule has 1 saturated carbocycles. The van der Waals surface area contributed by atoms with Crippen molar-refractivity contribution in [1.82, 2.24) is 19.9 Å². The molecule has 8 heteroatoms. The van der Waals surface area contributed by atoms with Crippen LogP contribution in [0.25, 0.3) is 22.3 Å². The first kappa shape index (κ1) is 31.6. The fourth-order valence-electron chi connectivity index (χ4n) is 4.98. The van der Waals surface area contributed by atoms with Crippen LogP contribution in [0.2, 0.25) is 20.9 Å². The summed E-state index contributed by atoms with van der Waals surface area (Å²) in [6.07, 6.45) is 3.76. The molecule has 1 unspecified atom stereocenters. The van der Waals surface area contributed by atoms with Gasteiger partial charge >= 0.3 is 0 Å². The lowest BCUT2D eigenvalue weighted by Gasteiger charge is -2.36. The Morgan fingerprint density at radius 2 is 0.932 bits per heavy atom. The zero-order valence-electron chi connectivity index (χ0n) is 23.6. The highest BCUT2D eigenvalue weighted by Crippen LogP contribution is 2.49. The lowest BCUT2D eigenvalue weighted by molar-refractivity contribution is 0.339. The molecule has 1 fully saturated rings. The lowest BCUT2D eigenvalue weighted by Crippen LogP contribution is -2.23. The van der Waals surface area contributed by atoms with Gasteiger partial charge < -0.3 is 0 Å². The van der Waals surface area contributed by atoms with Crippen LogP contribution in [-0.4, -0.2) is 19.9 Å². The zero-order chi connectivity index (χ0) is 30.7. The van der Waals surface area contributed by atoms with Crippen LogP contribution in [0.1, 0.15) is 35.9 Å². The standard InChI is InChI=1S/C20H16Cl2N2.C12H10.C4H2Cl2N2/c21-19-12-18(23-20(22)24-19)17-11-10-16(17)15-8-6-14(7-9-15)13-4-2-1-3-5-13;1-3-7-11(8-4-1)12-9-5-2-6-10-12;5-3-1-2-7-4(6)8-3/h1-9,12,16-17H,10-11H2;1-10H;1-2H/t16-,17?;;/m0../s1. The third-order valence-corrected chi connectivity index (χ3v) is 8.02. The Balaban J connectivity index is 0.000000158. The molecule has 0 bridgehead atoms. The topological polar surface area (TPSA) is 51.6 Å². The molecule has 0 saturated heterocycles. The van der Waals surface area contributed by atoms with E-state index in [2.05, 4.69) is 117 Å². The van der Waals surface area contributed by atoms with Crippen molar-refractivity contribution in [2.24, 2.45) is 0 Å². The number of hydrogen-bond acceptors (Lipinski definition) is 4. The summed E-state index contributed by atoms with van der Waals surface area (Å²) in [4.78, 5) is 15.5. The van der Waals surface area contributed by atoms with E-state index in [0.717, 1.165) is 18.5 Å². The molecule has 1 aliphatic carbocycles. The number of halogens is 4. The summed E-state index contributed by atoms with van der Waals surface area (Å²) in [5.41, 5.74) is 7.32. The Morgan fingerprint density at radius 3 is 1.34 bits per heavy atom. The Kier molecular flexibility index (Phi) is 11.3. The van der Waals surface area contributed by atoms with Crippen LogP contribution >= 0.6 is 46.4 Å². The van der Waals surface area contributed by atoms with E-state index >= 15 is 0 Å². The largest absolute Gasteiger partial charge is 0.226 e. The molecule has 0 spiro atoms. The zero-order valence-corrected chi connectivity index (χ0v) is 26.6. The summed E-state index contributed by atoms with van der Waals surface area (Å²) in [5, 5.41) is 1.18. The van der Waals surface area contributed by atoms with Crippen LogP contribution < -0.4 is 0 Å². The monoisotopic (exact) mass is 656 g/mol. The molecule has 0 radical (unpaired) electrons. The van der Waals surface area contributed by atoms with Gasteiger partial charge in [-0.15, -0.1) is 0 Å². The van der Waals surface area contributed by atoms with E-state index < -0.39 is 0 Å². The summed E-state index contributed by atoms with van der Waals surface area (Å²) in [6.45, 7) is 0. The van der Waals surface area contributed by atoms with Crippen molar-refractivity contribution in [2.75, 3.05) is 0 Å². The Bertz CT molecular complexity index is 1680. The van der Waals surface area contributed by atoms with Gasteiger partial charge in [0.15, 0.2) is 0 Å². The quantitative estimate of drug-likeness (QED) is 0.140. The second-order valence-electron chi connectivity index (χ2n) is 10.0. The predicted molar refractivity (Wildman–Crippen MR) is 183 cm³/mol. The van der Waals surface area contributed by atoms with Crippen LogP contribution in [0, 0.1) is 0 Å². The maximum atomic E-state index is 6.02. The highest BCUT2D eigenvalue weighted by atomic mass is 35.5. The summed E-state index contributed by atoms with van der Waals surface area (Å²) < 4.78 is 0. The molecule has 2 heterocycles. The van der Waals surface area contributed by atoms with Gasteiger partial charge in [0.05, 0.1) is 5.69 Å². The Morgan fingerprint density at radius 1 is 0.455 bits per heavy atom. The molecule has 2 aromatic heterocycles. The fourth-order valence-corrected chi connectivity index (χ4v) is 5.73. The minimum atomic E-state index is 0.178. The molecule has 1 aliphatic rings. The predicted octanol–water partition coefficient (Wildman–Crippen LogP) is 11.2. The van der Waals surface area contributed by atoms with E-state index in [4.69, 9.17) is 46.4 Å². The third-order valence-electron chi connectivity index (χ3n) is 7.26. The van der Waals surface area contributed by atoms with E-state index in [1.54, 1.807) is 6.07 Å². The number of hydrogen-bond donors (Lipinski definition) is 0. The van der Waals surface area contributed by atoms with Crippen LogP contribution in [0.3, 0.4) is 0 Å². The molecule has 4 nitrogen and oxygen atoms in total. The molecule has 0 aliphatic heterocycles. The van der Waals surface area contributed by atoms with Gasteiger partial charge in [-0.2, -0.15) is 0 Å². The van der Waals surface area contributed by atoms with Gasteiger partial charge in [-0.3, -0.25) is 0 Å². The molecule has 220 valence electrons. The average Bonchev–Trinajstić information content (AvgIpc) is 3.02. The van der Waals surface area contributed by atoms with Crippen LogP contribution in [0.4, 0.5) is 0 Å². The van der Waals surface area contributed by atoms with Crippen molar-refractivity contribution in [3.8, 4) is 22.3 Å². The second kappa shape index (κ2) is 15.8. The molecule has 2 atom stereocenters. The lowest BCUT2D eigenvalue weighted by atomic mass is 9.68. The molecule has 6 aromatic rings. The van der Waals surface area contributed by atoms with E-state index in [1.165, 1.54) is 34.0 Å². The Labute approximate surface area is 277 Å². The minimum Gasteiger partial charge on any atom is -0.226 e. The molecule has 4 aromatic carbocycles. The van der Waals surface area contributed by atoms with E-state index in [0.29, 0.717) is 22.1 Å². The van der Waals surface area contributed by atoms with Crippen LogP contribution in [-0.2, 0) is 0 Å². The van der Waals surface area contributed by atoms with Gasteiger partial charge in [-0.05, 0) is 81.9 Å².